The van der Waals surface area contributed by atoms with Crippen LogP contribution in [0.25, 0.3) is 22.4 Å². The smallest absolute Gasteiger partial charge is 0.171 e. The molecule has 1 aromatic carbocycles. The predicted octanol–water partition coefficient (Wildman–Crippen LogP) is 5.37. The zero-order valence-electron chi connectivity index (χ0n) is 24.8. The number of ketones is 1. The summed E-state index contributed by atoms with van der Waals surface area (Å²) < 4.78 is 31.4. The molecule has 5 rings (SSSR count). The van der Waals surface area contributed by atoms with Gasteiger partial charge in [-0.2, -0.15) is 0 Å². The van der Waals surface area contributed by atoms with Crippen LogP contribution in [0.1, 0.15) is 31.1 Å². The van der Waals surface area contributed by atoms with E-state index in [-0.39, 0.29) is 5.78 Å². The van der Waals surface area contributed by atoms with Gasteiger partial charge in [-0.3, -0.25) is 4.79 Å². The Bertz CT molecular complexity index is 1530. The Balaban J connectivity index is 1.39. The van der Waals surface area contributed by atoms with Crippen LogP contribution in [0.5, 0.6) is 0 Å². The fraction of sp³-hybridized carbons (Fsp3) is 0.567. The summed E-state index contributed by atoms with van der Waals surface area (Å²) in [7, 11) is -4.15. The van der Waals surface area contributed by atoms with Gasteiger partial charge in [0.1, 0.15) is 22.1 Å². The molecule has 3 aromatic rings. The molecule has 2 aliphatic rings. The van der Waals surface area contributed by atoms with E-state index < -0.39 is 23.3 Å². The van der Waals surface area contributed by atoms with Crippen LogP contribution in [0.2, 0.25) is 25.7 Å². The van der Waals surface area contributed by atoms with Gasteiger partial charge in [0.15, 0.2) is 11.4 Å². The average Bonchev–Trinajstić information content (AvgIpc) is 3.20. The van der Waals surface area contributed by atoms with Gasteiger partial charge in [-0.25, -0.2) is 18.4 Å². The van der Waals surface area contributed by atoms with Gasteiger partial charge in [0, 0.05) is 56.9 Å². The fourth-order valence-electron chi connectivity index (χ4n) is 5.72. The minimum Gasteiger partial charge on any atom is -0.371 e. The second kappa shape index (κ2) is 10.4. The van der Waals surface area contributed by atoms with Crippen LogP contribution in [-0.2, 0) is 21.3 Å². The number of anilines is 1. The maximum atomic E-state index is 13.4. The van der Waals surface area contributed by atoms with Gasteiger partial charge in [0.25, 0.3) is 0 Å². The van der Waals surface area contributed by atoms with E-state index in [1.165, 1.54) is 6.26 Å². The third-order valence-electron chi connectivity index (χ3n) is 8.09. The second-order valence-corrected chi connectivity index (χ2v) is 21.7. The van der Waals surface area contributed by atoms with E-state index >= 15 is 0 Å². The number of ether oxygens (including phenoxy) is 1. The Kier molecular flexibility index (Phi) is 7.50. The molecule has 1 aliphatic carbocycles. The molecule has 0 spiro atoms. The van der Waals surface area contributed by atoms with Crippen molar-refractivity contribution < 1.29 is 17.9 Å². The number of nitrogens with zero attached hydrogens (tertiary/aromatic N) is 4. The molecule has 0 N–H and O–H groups in total. The third kappa shape index (κ3) is 6.34. The Labute approximate surface area is 239 Å². The zero-order chi connectivity index (χ0) is 29.0. The number of aromatic nitrogens is 3. The quantitative estimate of drug-likeness (QED) is 0.180. The first-order chi connectivity index (χ1) is 18.6. The summed E-state index contributed by atoms with van der Waals surface area (Å²) in [5.74, 6) is 1.52. The van der Waals surface area contributed by atoms with Gasteiger partial charge < -0.3 is 14.2 Å². The molecule has 10 heteroatoms. The number of hydrogen-bond acceptors (Lipinski definition) is 7. The van der Waals surface area contributed by atoms with E-state index in [1.807, 2.05) is 43.7 Å². The van der Waals surface area contributed by atoms with Crippen molar-refractivity contribution in [1.82, 2.24) is 14.5 Å². The molecule has 2 fully saturated rings. The Morgan fingerprint density at radius 2 is 1.85 bits per heavy atom. The van der Waals surface area contributed by atoms with Crippen LogP contribution in [0.4, 0.5) is 5.69 Å². The first-order valence-corrected chi connectivity index (χ1v) is 19.9. The van der Waals surface area contributed by atoms with E-state index in [9.17, 15) is 13.2 Å². The van der Waals surface area contributed by atoms with Crippen LogP contribution >= 0.6 is 0 Å². The fourth-order valence-corrected chi connectivity index (χ4v) is 7.67. The first kappa shape index (κ1) is 28.9. The average molecular weight is 583 g/mol. The molecule has 2 aromatic heterocycles. The highest BCUT2D eigenvalue weighted by atomic mass is 32.2. The molecule has 3 atom stereocenters. The summed E-state index contributed by atoms with van der Waals surface area (Å²) in [6.07, 6.45) is 4.95. The Morgan fingerprint density at radius 1 is 1.15 bits per heavy atom. The van der Waals surface area contributed by atoms with Crippen LogP contribution in [0.15, 0.2) is 36.7 Å². The molecule has 3 heterocycles. The summed E-state index contributed by atoms with van der Waals surface area (Å²) >= 11 is 0. The maximum absolute atomic E-state index is 13.4. The van der Waals surface area contributed by atoms with Gasteiger partial charge in [0.2, 0.25) is 0 Å². The van der Waals surface area contributed by atoms with E-state index in [4.69, 9.17) is 14.7 Å². The molecule has 40 heavy (non-hydrogen) atoms. The molecule has 0 bridgehead atoms. The summed E-state index contributed by atoms with van der Waals surface area (Å²) in [5, 5.41) is 0. The number of sulfone groups is 1. The number of Topliss-reactive ketones (excluding diaryl/α,β-unsaturated/α-hetero) is 1. The monoisotopic (exact) mass is 582 g/mol. The summed E-state index contributed by atoms with van der Waals surface area (Å²) in [4.78, 5) is 25.5. The molecule has 0 radical (unpaired) electrons. The topological polar surface area (TPSA) is 94.4 Å². The van der Waals surface area contributed by atoms with Gasteiger partial charge >= 0.3 is 0 Å². The number of piperidine rings is 1. The summed E-state index contributed by atoms with van der Waals surface area (Å²) in [6, 6.07) is 9.32. The van der Waals surface area contributed by atoms with E-state index in [1.54, 1.807) is 6.20 Å². The standard InChI is InChI=1S/C30H42N4O4SSi/c1-30(2,3)28(35)24-17-34(19-38-11-12-40(5,6)7)29-27(24)32-26(14-31-29)20-9-8-10-21(13-20)33-15-22-23(16-33)25(22)18-39(4,36)37/h8-10,13-14,17,22-23,25H,11-12,15-16,18-19H2,1-7H3/t22-,23+,25-. The second-order valence-electron chi connectivity index (χ2n) is 13.9. The predicted molar refractivity (Wildman–Crippen MR) is 163 cm³/mol. The van der Waals surface area contributed by atoms with Crippen molar-refractivity contribution in [3.05, 3.63) is 42.2 Å². The molecule has 1 saturated heterocycles. The van der Waals surface area contributed by atoms with Crippen molar-refractivity contribution in [2.75, 3.05) is 36.6 Å². The third-order valence-corrected chi connectivity index (χ3v) is 10.8. The van der Waals surface area contributed by atoms with Gasteiger partial charge in [0.05, 0.1) is 23.2 Å². The number of hydrogen-bond donors (Lipinski definition) is 0. The number of fused-ring (bicyclic) bond motifs is 2. The minimum atomic E-state index is -2.94. The number of rotatable bonds is 10. The van der Waals surface area contributed by atoms with Crippen LogP contribution < -0.4 is 4.90 Å². The highest BCUT2D eigenvalue weighted by Crippen LogP contribution is 2.53. The number of carbonyl (C=O) groups is 1. The van der Waals surface area contributed by atoms with Crippen molar-refractivity contribution in [1.29, 1.82) is 0 Å². The van der Waals surface area contributed by atoms with Gasteiger partial charge in [-0.1, -0.05) is 52.5 Å². The lowest BCUT2D eigenvalue weighted by atomic mass is 9.87. The number of benzene rings is 1. The molecule has 0 amide bonds. The SMILES string of the molecule is CC(C)(C)C(=O)c1cn(COCC[Si](C)(C)C)c2ncc(-c3cccc(N4C[C@@H]5[C@H](C4)[C@@H]5CS(C)(=O)=O)c3)nc12. The molecular formula is C30H42N4O4SSi. The molecule has 1 saturated carbocycles. The largest absolute Gasteiger partial charge is 0.371 e. The van der Waals surface area contributed by atoms with Crippen LogP contribution in [0, 0.1) is 23.2 Å². The highest BCUT2D eigenvalue weighted by Gasteiger charge is 2.56. The Morgan fingerprint density at radius 3 is 2.48 bits per heavy atom. The molecule has 216 valence electrons. The van der Waals surface area contributed by atoms with Crippen LogP contribution in [0.3, 0.4) is 0 Å². The molecular weight excluding hydrogens is 541 g/mol. The number of carbonyl (C=O) groups excluding carboxylic acids is 1. The van der Waals surface area contributed by atoms with E-state index in [0.29, 0.717) is 59.3 Å². The van der Waals surface area contributed by atoms with Gasteiger partial charge in [-0.15, -0.1) is 0 Å². The van der Waals surface area contributed by atoms with Crippen molar-refractivity contribution in [2.45, 2.75) is 53.2 Å². The van der Waals surface area contributed by atoms with E-state index in [0.717, 1.165) is 30.4 Å². The van der Waals surface area contributed by atoms with Crippen molar-refractivity contribution in [3.8, 4) is 11.3 Å². The van der Waals surface area contributed by atoms with Crippen molar-refractivity contribution in [3.63, 3.8) is 0 Å². The highest BCUT2D eigenvalue weighted by molar-refractivity contribution is 7.90. The molecule has 8 nitrogen and oxygen atoms in total. The lowest BCUT2D eigenvalue weighted by Crippen LogP contribution is -2.25. The lowest BCUT2D eigenvalue weighted by Gasteiger charge is -2.22. The normalized spacial score (nSPS) is 21.2. The Hall–Kier alpha value is -2.56. The zero-order valence-corrected chi connectivity index (χ0v) is 26.6. The first-order valence-electron chi connectivity index (χ1n) is 14.1. The maximum Gasteiger partial charge on any atom is 0.171 e. The van der Waals surface area contributed by atoms with E-state index in [2.05, 4.69) is 36.7 Å². The molecule has 0 unspecified atom stereocenters. The lowest BCUT2D eigenvalue weighted by molar-refractivity contribution is 0.0849. The summed E-state index contributed by atoms with van der Waals surface area (Å²) in [5.41, 5.74) is 4.02. The molecule has 1 aliphatic heterocycles. The summed E-state index contributed by atoms with van der Waals surface area (Å²) in [6.45, 7) is 15.5. The van der Waals surface area contributed by atoms with Crippen molar-refractivity contribution in [2.24, 2.45) is 23.2 Å². The van der Waals surface area contributed by atoms with Crippen molar-refractivity contribution >= 4 is 40.5 Å². The minimum absolute atomic E-state index is 0.0264. The van der Waals surface area contributed by atoms with Gasteiger partial charge in [-0.05, 0) is 35.9 Å². The van der Waals surface area contributed by atoms with Crippen LogP contribution in [-0.4, -0.2) is 68.5 Å².